The van der Waals surface area contributed by atoms with Crippen LogP contribution in [0.25, 0.3) is 0 Å². The molecule has 0 aromatic heterocycles. The first kappa shape index (κ1) is 12.5. The van der Waals surface area contributed by atoms with Crippen molar-refractivity contribution in [3.8, 4) is 5.75 Å². The number of methoxy groups -OCH3 is 1. The molecule has 3 fully saturated rings. The van der Waals surface area contributed by atoms with Crippen molar-refractivity contribution in [3.63, 3.8) is 0 Å². The van der Waals surface area contributed by atoms with Crippen LogP contribution >= 0.6 is 27.5 Å². The second-order valence-electron chi connectivity index (χ2n) is 6.35. The van der Waals surface area contributed by atoms with Gasteiger partial charge in [-0.15, -0.1) is 11.6 Å². The average molecular weight is 342 g/mol. The zero-order chi connectivity index (χ0) is 13.1. The van der Waals surface area contributed by atoms with E-state index in [1.54, 1.807) is 7.11 Å². The Balaban J connectivity index is 1.62. The maximum absolute atomic E-state index is 6.82. The monoisotopic (exact) mass is 340 g/mol. The third-order valence-corrected chi connectivity index (χ3v) is 6.64. The highest BCUT2D eigenvalue weighted by molar-refractivity contribution is 9.10. The highest BCUT2D eigenvalue weighted by atomic mass is 79.9. The number of ether oxygens (including phenoxy) is 1. The van der Waals surface area contributed by atoms with E-state index in [4.69, 9.17) is 16.3 Å². The molecule has 1 nitrogen and oxygen atoms in total. The lowest BCUT2D eigenvalue weighted by atomic mass is 9.96. The lowest BCUT2D eigenvalue weighted by Gasteiger charge is -2.17. The molecule has 0 N–H and O–H groups in total. The first-order chi connectivity index (χ1) is 9.20. The van der Waals surface area contributed by atoms with Gasteiger partial charge < -0.3 is 4.74 Å². The molecule has 1 aromatic rings. The molecule has 0 radical (unpaired) electrons. The molecule has 3 saturated carbocycles. The van der Waals surface area contributed by atoms with Crippen LogP contribution in [0.4, 0.5) is 0 Å². The van der Waals surface area contributed by atoms with Crippen LogP contribution in [0.1, 0.15) is 30.2 Å². The van der Waals surface area contributed by atoms with Crippen molar-refractivity contribution < 1.29 is 4.74 Å². The lowest BCUT2D eigenvalue weighted by Crippen LogP contribution is -2.05. The molecule has 3 heteroatoms. The number of hydrogen-bond donors (Lipinski definition) is 0. The van der Waals surface area contributed by atoms with Crippen molar-refractivity contribution in [2.24, 2.45) is 29.6 Å². The Hall–Kier alpha value is -0.210. The molecule has 19 heavy (non-hydrogen) atoms. The van der Waals surface area contributed by atoms with E-state index < -0.39 is 0 Å². The Morgan fingerprint density at radius 1 is 1.26 bits per heavy atom. The molecule has 0 saturated heterocycles. The molecular formula is C16H18BrClO. The minimum atomic E-state index is 0.117. The molecule has 2 bridgehead atoms. The van der Waals surface area contributed by atoms with Gasteiger partial charge in [-0.05, 0) is 67.1 Å². The SMILES string of the molecule is COc1ccc(Br)cc1C(Cl)C1C2C3CCC(C3)C21. The van der Waals surface area contributed by atoms with E-state index in [-0.39, 0.29) is 5.38 Å². The summed E-state index contributed by atoms with van der Waals surface area (Å²) in [6.45, 7) is 0. The van der Waals surface area contributed by atoms with Crippen LogP contribution in [0, 0.1) is 29.6 Å². The quantitative estimate of drug-likeness (QED) is 0.701. The summed E-state index contributed by atoms with van der Waals surface area (Å²) in [6, 6.07) is 6.16. The molecule has 5 atom stereocenters. The minimum absolute atomic E-state index is 0.117. The van der Waals surface area contributed by atoms with Crippen LogP contribution in [0.2, 0.25) is 0 Å². The van der Waals surface area contributed by atoms with Gasteiger partial charge in [0, 0.05) is 10.0 Å². The normalized spacial score (nSPS) is 40.1. The fourth-order valence-corrected chi connectivity index (χ4v) is 5.80. The minimum Gasteiger partial charge on any atom is -0.496 e. The maximum Gasteiger partial charge on any atom is 0.123 e. The predicted molar refractivity (Wildman–Crippen MR) is 80.6 cm³/mol. The van der Waals surface area contributed by atoms with E-state index in [2.05, 4.69) is 22.0 Å². The zero-order valence-electron chi connectivity index (χ0n) is 11.0. The summed E-state index contributed by atoms with van der Waals surface area (Å²) in [5.41, 5.74) is 1.16. The molecule has 3 aliphatic carbocycles. The first-order valence-electron chi connectivity index (χ1n) is 7.18. The topological polar surface area (TPSA) is 9.23 Å². The number of alkyl halides is 1. The highest BCUT2D eigenvalue weighted by Gasteiger charge is 2.66. The van der Waals surface area contributed by atoms with Gasteiger partial charge in [0.05, 0.1) is 12.5 Å². The van der Waals surface area contributed by atoms with Crippen molar-refractivity contribution in [2.75, 3.05) is 7.11 Å². The molecule has 102 valence electrons. The fourth-order valence-electron chi connectivity index (χ4n) is 4.91. The molecule has 0 amide bonds. The van der Waals surface area contributed by atoms with E-state index in [0.717, 1.165) is 39.5 Å². The molecule has 0 aliphatic heterocycles. The Bertz CT molecular complexity index is 501. The van der Waals surface area contributed by atoms with E-state index in [1.807, 2.05) is 12.1 Å². The van der Waals surface area contributed by atoms with Crippen molar-refractivity contribution in [3.05, 3.63) is 28.2 Å². The summed E-state index contributed by atoms with van der Waals surface area (Å²) >= 11 is 10.4. The fraction of sp³-hybridized carbons (Fsp3) is 0.625. The van der Waals surface area contributed by atoms with E-state index in [9.17, 15) is 0 Å². The summed E-state index contributed by atoms with van der Waals surface area (Å²) < 4.78 is 6.57. The first-order valence-corrected chi connectivity index (χ1v) is 8.41. The smallest absolute Gasteiger partial charge is 0.123 e. The van der Waals surface area contributed by atoms with Gasteiger partial charge in [0.1, 0.15) is 5.75 Å². The summed E-state index contributed by atoms with van der Waals surface area (Å²) in [7, 11) is 1.73. The highest BCUT2D eigenvalue weighted by Crippen LogP contribution is 2.73. The summed E-state index contributed by atoms with van der Waals surface area (Å²) in [5.74, 6) is 5.38. The third-order valence-electron chi connectivity index (χ3n) is 5.62. The van der Waals surface area contributed by atoms with Gasteiger partial charge in [-0.2, -0.15) is 0 Å². The number of hydrogen-bond acceptors (Lipinski definition) is 1. The van der Waals surface area contributed by atoms with Crippen LogP contribution in [0.3, 0.4) is 0 Å². The largest absolute Gasteiger partial charge is 0.496 e. The Morgan fingerprint density at radius 2 is 1.95 bits per heavy atom. The van der Waals surface area contributed by atoms with Crippen LogP contribution in [0.5, 0.6) is 5.75 Å². The molecule has 5 unspecified atom stereocenters. The number of fused-ring (bicyclic) bond motifs is 5. The second-order valence-corrected chi connectivity index (χ2v) is 7.74. The van der Waals surface area contributed by atoms with Crippen molar-refractivity contribution in [1.29, 1.82) is 0 Å². The van der Waals surface area contributed by atoms with Crippen molar-refractivity contribution in [2.45, 2.75) is 24.6 Å². The summed E-state index contributed by atoms with van der Waals surface area (Å²) in [6.07, 6.45) is 4.37. The number of halogens is 2. The van der Waals surface area contributed by atoms with Crippen LogP contribution in [-0.4, -0.2) is 7.11 Å². The van der Waals surface area contributed by atoms with Crippen molar-refractivity contribution >= 4 is 27.5 Å². The predicted octanol–water partition coefficient (Wildman–Crippen LogP) is 5.03. The van der Waals surface area contributed by atoms with Crippen LogP contribution in [0.15, 0.2) is 22.7 Å². The van der Waals surface area contributed by atoms with Crippen LogP contribution < -0.4 is 4.74 Å². The lowest BCUT2D eigenvalue weighted by molar-refractivity contribution is 0.401. The van der Waals surface area contributed by atoms with E-state index in [0.29, 0.717) is 5.92 Å². The standard InChI is InChI=1S/C16H18BrClO/c1-19-12-5-4-10(17)7-11(12)16(18)15-13-8-2-3-9(6-8)14(13)15/h4-5,7-9,13-16H,2-3,6H2,1H3. The van der Waals surface area contributed by atoms with E-state index >= 15 is 0 Å². The van der Waals surface area contributed by atoms with Gasteiger partial charge in [0.2, 0.25) is 0 Å². The Morgan fingerprint density at radius 3 is 2.58 bits per heavy atom. The third kappa shape index (κ3) is 1.79. The Kier molecular flexibility index (Phi) is 2.90. The van der Waals surface area contributed by atoms with Gasteiger partial charge in [0.25, 0.3) is 0 Å². The van der Waals surface area contributed by atoms with Gasteiger partial charge in [-0.3, -0.25) is 0 Å². The number of rotatable bonds is 3. The van der Waals surface area contributed by atoms with Crippen LogP contribution in [-0.2, 0) is 0 Å². The second kappa shape index (κ2) is 4.39. The van der Waals surface area contributed by atoms with Gasteiger partial charge in [-0.25, -0.2) is 0 Å². The summed E-state index contributed by atoms with van der Waals surface area (Å²) in [5, 5.41) is 0.117. The Labute approximate surface area is 127 Å². The molecule has 4 rings (SSSR count). The average Bonchev–Trinajstić information content (AvgIpc) is 2.85. The summed E-state index contributed by atoms with van der Waals surface area (Å²) in [4.78, 5) is 0. The van der Waals surface area contributed by atoms with Gasteiger partial charge in [-0.1, -0.05) is 15.9 Å². The van der Waals surface area contributed by atoms with Gasteiger partial charge in [0.15, 0.2) is 0 Å². The maximum atomic E-state index is 6.82. The number of benzene rings is 1. The van der Waals surface area contributed by atoms with Gasteiger partial charge >= 0.3 is 0 Å². The zero-order valence-corrected chi connectivity index (χ0v) is 13.3. The molecule has 3 aliphatic rings. The molecule has 1 aromatic carbocycles. The molecule has 0 spiro atoms. The molecule has 0 heterocycles. The van der Waals surface area contributed by atoms with E-state index in [1.165, 1.54) is 19.3 Å². The van der Waals surface area contributed by atoms with Crippen molar-refractivity contribution in [1.82, 2.24) is 0 Å². The molecular weight excluding hydrogens is 324 g/mol.